The summed E-state index contributed by atoms with van der Waals surface area (Å²) >= 11 is 0. The molecule has 1 saturated heterocycles. The molecule has 1 aliphatic rings. The standard InChI is InChI=1S/C14H20F2N2O/c1-10-9-19-5-4-18(10)3-2-14(17)11-6-12(15)8-13(16)7-11/h6-8,10,14H,2-5,9,17H2,1H3. The van der Waals surface area contributed by atoms with Crippen LogP contribution in [0.25, 0.3) is 0 Å². The van der Waals surface area contributed by atoms with Crippen LogP contribution in [0, 0.1) is 11.6 Å². The van der Waals surface area contributed by atoms with Gasteiger partial charge in [-0.25, -0.2) is 8.78 Å². The van der Waals surface area contributed by atoms with Crippen LogP contribution in [-0.2, 0) is 4.74 Å². The quantitative estimate of drug-likeness (QED) is 0.910. The van der Waals surface area contributed by atoms with Crippen LogP contribution in [0.3, 0.4) is 0 Å². The Labute approximate surface area is 112 Å². The van der Waals surface area contributed by atoms with Gasteiger partial charge in [0.25, 0.3) is 0 Å². The van der Waals surface area contributed by atoms with E-state index in [1.807, 2.05) is 0 Å². The van der Waals surface area contributed by atoms with Gasteiger partial charge in [0.2, 0.25) is 0 Å². The fourth-order valence-corrected chi connectivity index (χ4v) is 2.35. The smallest absolute Gasteiger partial charge is 0.126 e. The van der Waals surface area contributed by atoms with Crippen LogP contribution in [0.4, 0.5) is 8.78 Å². The molecule has 2 atom stereocenters. The third-order valence-corrected chi connectivity index (χ3v) is 3.55. The van der Waals surface area contributed by atoms with Gasteiger partial charge in [0.05, 0.1) is 13.2 Å². The summed E-state index contributed by atoms with van der Waals surface area (Å²) in [7, 11) is 0. The lowest BCUT2D eigenvalue weighted by Gasteiger charge is -2.33. The normalized spacial score (nSPS) is 22.4. The molecule has 106 valence electrons. The first-order chi connectivity index (χ1) is 9.06. The Balaban J connectivity index is 1.91. The van der Waals surface area contributed by atoms with Crippen molar-refractivity contribution in [3.8, 4) is 0 Å². The van der Waals surface area contributed by atoms with Gasteiger partial charge in [-0.1, -0.05) is 0 Å². The highest BCUT2D eigenvalue weighted by molar-refractivity contribution is 5.21. The summed E-state index contributed by atoms with van der Waals surface area (Å²) in [6.45, 7) is 5.25. The summed E-state index contributed by atoms with van der Waals surface area (Å²) < 4.78 is 31.6. The molecule has 1 aliphatic heterocycles. The second-order valence-corrected chi connectivity index (χ2v) is 5.06. The Hall–Kier alpha value is -1.04. The minimum Gasteiger partial charge on any atom is -0.379 e. The second-order valence-electron chi connectivity index (χ2n) is 5.06. The molecular formula is C14H20F2N2O. The average molecular weight is 270 g/mol. The number of benzene rings is 1. The van der Waals surface area contributed by atoms with E-state index in [-0.39, 0.29) is 6.04 Å². The van der Waals surface area contributed by atoms with Crippen molar-refractivity contribution in [2.75, 3.05) is 26.3 Å². The van der Waals surface area contributed by atoms with Gasteiger partial charge < -0.3 is 10.5 Å². The summed E-state index contributed by atoms with van der Waals surface area (Å²) in [5, 5.41) is 0. The van der Waals surface area contributed by atoms with E-state index in [1.165, 1.54) is 12.1 Å². The predicted molar refractivity (Wildman–Crippen MR) is 69.8 cm³/mol. The summed E-state index contributed by atoms with van der Waals surface area (Å²) in [4.78, 5) is 2.29. The maximum atomic E-state index is 13.1. The third-order valence-electron chi connectivity index (χ3n) is 3.55. The zero-order valence-corrected chi connectivity index (χ0v) is 11.1. The molecule has 19 heavy (non-hydrogen) atoms. The third kappa shape index (κ3) is 3.96. The zero-order chi connectivity index (χ0) is 13.8. The molecule has 2 N–H and O–H groups in total. The Morgan fingerprint density at radius 2 is 2.05 bits per heavy atom. The van der Waals surface area contributed by atoms with Crippen LogP contribution in [-0.4, -0.2) is 37.2 Å². The first-order valence-electron chi connectivity index (χ1n) is 6.59. The summed E-state index contributed by atoms with van der Waals surface area (Å²) in [6, 6.07) is 3.48. The first-order valence-corrected chi connectivity index (χ1v) is 6.59. The van der Waals surface area contributed by atoms with E-state index >= 15 is 0 Å². The topological polar surface area (TPSA) is 38.5 Å². The van der Waals surface area contributed by atoms with Crippen molar-refractivity contribution in [2.45, 2.75) is 25.4 Å². The van der Waals surface area contributed by atoms with Crippen LogP contribution >= 0.6 is 0 Å². The molecule has 1 aromatic carbocycles. The lowest BCUT2D eigenvalue weighted by molar-refractivity contribution is -0.00140. The second kappa shape index (κ2) is 6.41. The van der Waals surface area contributed by atoms with E-state index in [1.54, 1.807) is 0 Å². The van der Waals surface area contributed by atoms with E-state index in [4.69, 9.17) is 10.5 Å². The van der Waals surface area contributed by atoms with E-state index in [0.717, 1.165) is 32.4 Å². The molecule has 1 fully saturated rings. The summed E-state index contributed by atoms with van der Waals surface area (Å²) in [6.07, 6.45) is 0.674. The number of ether oxygens (including phenoxy) is 1. The van der Waals surface area contributed by atoms with Crippen LogP contribution in [0.15, 0.2) is 18.2 Å². The molecule has 0 bridgehead atoms. The van der Waals surface area contributed by atoms with Crippen LogP contribution < -0.4 is 5.73 Å². The number of hydrogen-bond donors (Lipinski definition) is 1. The lowest BCUT2D eigenvalue weighted by Crippen LogP contribution is -2.44. The Morgan fingerprint density at radius 3 is 2.68 bits per heavy atom. The molecular weight excluding hydrogens is 250 g/mol. The van der Waals surface area contributed by atoms with Crippen molar-refractivity contribution in [1.82, 2.24) is 4.90 Å². The molecule has 1 heterocycles. The first kappa shape index (κ1) is 14.4. The number of nitrogens with two attached hydrogens (primary N) is 1. The number of rotatable bonds is 4. The van der Waals surface area contributed by atoms with Crippen molar-refractivity contribution in [1.29, 1.82) is 0 Å². The van der Waals surface area contributed by atoms with Gasteiger partial charge in [0.1, 0.15) is 11.6 Å². The van der Waals surface area contributed by atoms with Crippen molar-refractivity contribution in [3.63, 3.8) is 0 Å². The molecule has 0 spiro atoms. The van der Waals surface area contributed by atoms with Crippen molar-refractivity contribution < 1.29 is 13.5 Å². The lowest BCUT2D eigenvalue weighted by atomic mass is 10.0. The van der Waals surface area contributed by atoms with E-state index in [9.17, 15) is 8.78 Å². The largest absolute Gasteiger partial charge is 0.379 e. The summed E-state index contributed by atoms with van der Waals surface area (Å²) in [5.74, 6) is -1.16. The monoisotopic (exact) mass is 270 g/mol. The summed E-state index contributed by atoms with van der Waals surface area (Å²) in [5.41, 5.74) is 6.52. The van der Waals surface area contributed by atoms with Crippen molar-refractivity contribution in [3.05, 3.63) is 35.4 Å². The maximum Gasteiger partial charge on any atom is 0.126 e. The molecule has 2 unspecified atom stereocenters. The minimum absolute atomic E-state index is 0.347. The predicted octanol–water partition coefficient (Wildman–Crippen LogP) is 2.08. The van der Waals surface area contributed by atoms with Gasteiger partial charge in [-0.2, -0.15) is 0 Å². The molecule has 0 radical (unpaired) electrons. The van der Waals surface area contributed by atoms with Gasteiger partial charge in [-0.05, 0) is 31.0 Å². The van der Waals surface area contributed by atoms with Gasteiger partial charge in [-0.3, -0.25) is 4.90 Å². The highest BCUT2D eigenvalue weighted by Gasteiger charge is 2.19. The molecule has 0 aromatic heterocycles. The average Bonchev–Trinajstić information content (AvgIpc) is 2.36. The van der Waals surface area contributed by atoms with Gasteiger partial charge in [0.15, 0.2) is 0 Å². The number of halogens is 2. The van der Waals surface area contributed by atoms with Crippen LogP contribution in [0.5, 0.6) is 0 Å². The molecule has 1 aromatic rings. The van der Waals surface area contributed by atoms with E-state index in [0.29, 0.717) is 18.0 Å². The molecule has 0 aliphatic carbocycles. The fraction of sp³-hybridized carbons (Fsp3) is 0.571. The van der Waals surface area contributed by atoms with E-state index < -0.39 is 11.6 Å². The molecule has 0 saturated carbocycles. The van der Waals surface area contributed by atoms with Crippen molar-refractivity contribution >= 4 is 0 Å². The number of hydrogen-bond acceptors (Lipinski definition) is 3. The van der Waals surface area contributed by atoms with Gasteiger partial charge in [0, 0.05) is 31.2 Å². The molecule has 3 nitrogen and oxygen atoms in total. The highest BCUT2D eigenvalue weighted by atomic mass is 19.1. The highest BCUT2D eigenvalue weighted by Crippen LogP contribution is 2.18. The van der Waals surface area contributed by atoms with Crippen LogP contribution in [0.1, 0.15) is 24.9 Å². The number of nitrogens with zero attached hydrogens (tertiary/aromatic N) is 1. The molecule has 5 heteroatoms. The molecule has 2 rings (SSSR count). The Bertz CT molecular complexity index is 408. The van der Waals surface area contributed by atoms with Crippen LogP contribution in [0.2, 0.25) is 0 Å². The Morgan fingerprint density at radius 1 is 1.37 bits per heavy atom. The van der Waals surface area contributed by atoms with Gasteiger partial charge in [-0.15, -0.1) is 0 Å². The van der Waals surface area contributed by atoms with Gasteiger partial charge >= 0.3 is 0 Å². The Kier molecular flexibility index (Phi) is 4.85. The van der Waals surface area contributed by atoms with Crippen molar-refractivity contribution in [2.24, 2.45) is 5.73 Å². The SMILES string of the molecule is CC1COCCN1CCC(N)c1cc(F)cc(F)c1. The minimum atomic E-state index is -0.579. The molecule has 0 amide bonds. The fourth-order valence-electron chi connectivity index (χ4n) is 2.35. The van der Waals surface area contributed by atoms with E-state index in [2.05, 4.69) is 11.8 Å². The number of morpholine rings is 1. The maximum absolute atomic E-state index is 13.1. The zero-order valence-electron chi connectivity index (χ0n) is 11.1.